The van der Waals surface area contributed by atoms with Crippen LogP contribution < -0.4 is 0 Å². The highest BCUT2D eigenvalue weighted by Gasteiger charge is 2.17. The average molecular weight is 261 g/mol. The molecule has 4 nitrogen and oxygen atoms in total. The molecule has 19 heavy (non-hydrogen) atoms. The molecule has 0 amide bonds. The first-order valence-corrected chi connectivity index (χ1v) is 6.45. The Morgan fingerprint density at radius 1 is 1.32 bits per heavy atom. The van der Waals surface area contributed by atoms with Crippen molar-refractivity contribution in [2.24, 2.45) is 5.92 Å². The molecular formula is C15H19NO3. The minimum atomic E-state index is -0.800. The lowest BCUT2D eigenvalue weighted by atomic mass is 10.0. The molecule has 2 N–H and O–H groups in total. The van der Waals surface area contributed by atoms with Gasteiger partial charge in [-0.1, -0.05) is 6.92 Å². The number of fused-ring (bicyclic) bond motifs is 1. The molecule has 0 saturated carbocycles. The monoisotopic (exact) mass is 261 g/mol. The molecular weight excluding hydrogens is 242 g/mol. The van der Waals surface area contributed by atoms with Gasteiger partial charge < -0.3 is 14.8 Å². The maximum Gasteiger partial charge on any atom is 0.306 e. The van der Waals surface area contributed by atoms with E-state index in [9.17, 15) is 9.90 Å². The van der Waals surface area contributed by atoms with Crippen LogP contribution in [0.15, 0.2) is 24.4 Å². The summed E-state index contributed by atoms with van der Waals surface area (Å²) in [6, 6.07) is 5.53. The van der Waals surface area contributed by atoms with Gasteiger partial charge in [0.1, 0.15) is 5.75 Å². The van der Waals surface area contributed by atoms with E-state index in [4.69, 9.17) is 5.11 Å². The molecule has 1 unspecified atom stereocenters. The summed E-state index contributed by atoms with van der Waals surface area (Å²) < 4.78 is 2.11. The van der Waals surface area contributed by atoms with E-state index in [0.29, 0.717) is 12.5 Å². The van der Waals surface area contributed by atoms with Crippen molar-refractivity contribution in [3.8, 4) is 5.75 Å². The third-order valence-corrected chi connectivity index (χ3v) is 3.40. The van der Waals surface area contributed by atoms with Gasteiger partial charge in [0.25, 0.3) is 0 Å². The van der Waals surface area contributed by atoms with Crippen LogP contribution in [0, 0.1) is 5.92 Å². The number of aromatic hydroxyl groups is 1. The Balaban J connectivity index is 2.54. The molecule has 2 aromatic rings. The van der Waals surface area contributed by atoms with Gasteiger partial charge >= 0.3 is 5.97 Å². The molecule has 1 aromatic heterocycles. The van der Waals surface area contributed by atoms with Gasteiger partial charge in [0, 0.05) is 23.1 Å². The molecule has 0 aliphatic carbocycles. The van der Waals surface area contributed by atoms with Gasteiger partial charge in [0.15, 0.2) is 0 Å². The van der Waals surface area contributed by atoms with Crippen LogP contribution in [0.5, 0.6) is 5.75 Å². The summed E-state index contributed by atoms with van der Waals surface area (Å²) in [5.74, 6) is -1.03. The van der Waals surface area contributed by atoms with Crippen molar-refractivity contribution in [1.82, 2.24) is 4.57 Å². The van der Waals surface area contributed by atoms with Crippen LogP contribution in [0.1, 0.15) is 32.4 Å². The van der Waals surface area contributed by atoms with Crippen molar-refractivity contribution < 1.29 is 15.0 Å². The highest BCUT2D eigenvalue weighted by Crippen LogP contribution is 2.29. The highest BCUT2D eigenvalue weighted by molar-refractivity contribution is 5.86. The van der Waals surface area contributed by atoms with Crippen LogP contribution in [0.2, 0.25) is 0 Å². The van der Waals surface area contributed by atoms with Crippen LogP contribution >= 0.6 is 0 Å². The van der Waals surface area contributed by atoms with E-state index in [1.165, 1.54) is 0 Å². The maximum absolute atomic E-state index is 11.0. The molecule has 0 aliphatic rings. The summed E-state index contributed by atoms with van der Waals surface area (Å²) >= 11 is 0. The Labute approximate surface area is 112 Å². The van der Waals surface area contributed by atoms with Crippen LogP contribution in [0.3, 0.4) is 0 Å². The number of phenolic OH excluding ortho intramolecular Hbond substituents is 1. The van der Waals surface area contributed by atoms with E-state index in [1.807, 2.05) is 12.3 Å². The van der Waals surface area contributed by atoms with Crippen LogP contribution in [-0.2, 0) is 11.2 Å². The van der Waals surface area contributed by atoms with Crippen molar-refractivity contribution in [3.05, 3.63) is 30.0 Å². The normalized spacial score (nSPS) is 13.1. The number of aromatic nitrogens is 1. The molecule has 0 spiro atoms. The number of rotatable bonds is 4. The van der Waals surface area contributed by atoms with E-state index in [1.54, 1.807) is 19.1 Å². The van der Waals surface area contributed by atoms with Gasteiger partial charge in [-0.25, -0.2) is 0 Å². The van der Waals surface area contributed by atoms with Gasteiger partial charge in [-0.15, -0.1) is 0 Å². The van der Waals surface area contributed by atoms with Crippen LogP contribution in [0.25, 0.3) is 10.9 Å². The SMILES string of the molecule is CC(Cc1cn(C(C)C)c2ccc(O)cc12)C(=O)O. The van der Waals surface area contributed by atoms with E-state index >= 15 is 0 Å². The standard InChI is InChI=1S/C15H19NO3/c1-9(2)16-8-11(6-10(3)15(18)19)13-7-12(17)4-5-14(13)16/h4-5,7-10,17H,6H2,1-3H3,(H,18,19). The lowest BCUT2D eigenvalue weighted by Crippen LogP contribution is -2.12. The van der Waals surface area contributed by atoms with E-state index in [0.717, 1.165) is 16.5 Å². The fourth-order valence-corrected chi connectivity index (χ4v) is 2.32. The molecule has 0 bridgehead atoms. The topological polar surface area (TPSA) is 62.5 Å². The Bertz CT molecular complexity index is 613. The molecule has 1 atom stereocenters. The number of aliphatic carboxylic acids is 1. The maximum atomic E-state index is 11.0. The van der Waals surface area contributed by atoms with Gasteiger partial charge in [0.2, 0.25) is 0 Å². The summed E-state index contributed by atoms with van der Waals surface area (Å²) in [5.41, 5.74) is 2.00. The second kappa shape index (κ2) is 4.96. The minimum Gasteiger partial charge on any atom is -0.508 e. The molecule has 1 aromatic carbocycles. The average Bonchev–Trinajstić information content (AvgIpc) is 2.67. The Morgan fingerprint density at radius 3 is 2.58 bits per heavy atom. The van der Waals surface area contributed by atoms with Gasteiger partial charge in [-0.2, -0.15) is 0 Å². The van der Waals surface area contributed by atoms with Crippen LogP contribution in [0.4, 0.5) is 0 Å². The second-order valence-electron chi connectivity index (χ2n) is 5.30. The first-order valence-electron chi connectivity index (χ1n) is 6.45. The number of carboxylic acid groups (broad SMARTS) is 1. The summed E-state index contributed by atoms with van der Waals surface area (Å²) in [7, 11) is 0. The summed E-state index contributed by atoms with van der Waals surface area (Å²) in [5, 5.41) is 19.6. The summed E-state index contributed by atoms with van der Waals surface area (Å²) in [6.07, 6.45) is 2.46. The molecule has 0 aliphatic heterocycles. The Morgan fingerprint density at radius 2 is 2.00 bits per heavy atom. The number of carboxylic acids is 1. The van der Waals surface area contributed by atoms with Crippen molar-refractivity contribution in [2.75, 3.05) is 0 Å². The predicted molar refractivity (Wildman–Crippen MR) is 74.5 cm³/mol. The van der Waals surface area contributed by atoms with Crippen molar-refractivity contribution >= 4 is 16.9 Å². The molecule has 4 heteroatoms. The number of benzene rings is 1. The van der Waals surface area contributed by atoms with Gasteiger partial charge in [-0.05, 0) is 44.0 Å². The first-order chi connectivity index (χ1) is 8.90. The first kappa shape index (κ1) is 13.5. The zero-order valence-corrected chi connectivity index (χ0v) is 11.4. The lowest BCUT2D eigenvalue weighted by Gasteiger charge is -2.08. The molecule has 1 heterocycles. The quantitative estimate of drug-likeness (QED) is 0.888. The lowest BCUT2D eigenvalue weighted by molar-refractivity contribution is -0.141. The molecule has 0 fully saturated rings. The highest BCUT2D eigenvalue weighted by atomic mass is 16.4. The smallest absolute Gasteiger partial charge is 0.306 e. The van der Waals surface area contributed by atoms with Crippen LogP contribution in [-0.4, -0.2) is 20.7 Å². The number of hydrogen-bond acceptors (Lipinski definition) is 2. The zero-order valence-electron chi connectivity index (χ0n) is 11.4. The van der Waals surface area contributed by atoms with Crippen molar-refractivity contribution in [3.63, 3.8) is 0 Å². The molecule has 2 rings (SSSR count). The fraction of sp³-hybridized carbons (Fsp3) is 0.400. The summed E-state index contributed by atoms with van der Waals surface area (Å²) in [6.45, 7) is 5.86. The van der Waals surface area contributed by atoms with Crippen molar-refractivity contribution in [1.29, 1.82) is 0 Å². The van der Waals surface area contributed by atoms with E-state index in [-0.39, 0.29) is 5.75 Å². The minimum absolute atomic E-state index is 0.207. The Kier molecular flexibility index (Phi) is 3.51. The van der Waals surface area contributed by atoms with E-state index < -0.39 is 11.9 Å². The fourth-order valence-electron chi connectivity index (χ4n) is 2.32. The number of nitrogens with zero attached hydrogens (tertiary/aromatic N) is 1. The number of carbonyl (C=O) groups is 1. The molecule has 102 valence electrons. The van der Waals surface area contributed by atoms with Crippen molar-refractivity contribution in [2.45, 2.75) is 33.2 Å². The molecule has 0 saturated heterocycles. The summed E-state index contributed by atoms with van der Waals surface area (Å²) in [4.78, 5) is 11.0. The Hall–Kier alpha value is -1.97. The largest absolute Gasteiger partial charge is 0.508 e. The second-order valence-corrected chi connectivity index (χ2v) is 5.30. The molecule has 0 radical (unpaired) electrons. The van der Waals surface area contributed by atoms with Gasteiger partial charge in [0.05, 0.1) is 5.92 Å². The number of hydrogen-bond donors (Lipinski definition) is 2. The number of phenols is 1. The van der Waals surface area contributed by atoms with E-state index in [2.05, 4.69) is 18.4 Å². The predicted octanol–water partition coefficient (Wildman–Crippen LogP) is 3.19. The zero-order chi connectivity index (χ0) is 14.2. The third kappa shape index (κ3) is 2.57. The third-order valence-electron chi connectivity index (χ3n) is 3.40. The van der Waals surface area contributed by atoms with Gasteiger partial charge in [-0.3, -0.25) is 4.79 Å².